The first kappa shape index (κ1) is 42.9. The highest BCUT2D eigenvalue weighted by Crippen LogP contribution is 2.21. The first-order valence-electron chi connectivity index (χ1n) is 17.6. The lowest BCUT2D eigenvalue weighted by Gasteiger charge is -2.26. The third-order valence-corrected chi connectivity index (χ3v) is 8.34. The minimum atomic E-state index is -1.31. The van der Waals surface area contributed by atoms with E-state index in [2.05, 4.69) is 52.5 Å². The number of Topliss-reactive ketones (excluding diaryl/α,β-unsaturated/α-hetero) is 1. The number of carbonyl (C=O) groups excluding carboxylic acids is 9. The first-order chi connectivity index (χ1) is 26.2. The smallest absolute Gasteiger partial charge is 0.321 e. The van der Waals surface area contributed by atoms with Crippen LogP contribution < -0.4 is 42.5 Å². The number of aromatic nitrogens is 2. The zero-order valence-corrected chi connectivity index (χ0v) is 31.0. The van der Waals surface area contributed by atoms with Gasteiger partial charge >= 0.3 is 6.03 Å². The van der Waals surface area contributed by atoms with Gasteiger partial charge in [-0.1, -0.05) is 45.4 Å². The molecule has 8 N–H and O–H groups in total. The van der Waals surface area contributed by atoms with Gasteiger partial charge in [-0.05, 0) is 24.5 Å². The lowest BCUT2D eigenvalue weighted by molar-refractivity contribution is -0.141. The van der Waals surface area contributed by atoms with Gasteiger partial charge in [0, 0.05) is 38.2 Å². The number of anilines is 1. The molecule has 1 aliphatic rings. The monoisotopic (exact) mass is 765 g/mol. The maximum absolute atomic E-state index is 13.8. The molecule has 0 radical (unpaired) electrons. The predicted molar refractivity (Wildman–Crippen MR) is 196 cm³/mol. The molecule has 0 unspecified atom stereocenters. The van der Waals surface area contributed by atoms with Gasteiger partial charge in [0.2, 0.25) is 35.3 Å². The SMILES string of the molecule is CCC[C@H](NC(=O)[C@@H]1CN(C(=O)Nc2ccccc2)C[C@@H]1NC(=O)[C@@H](NC(=O)CNC(=O)c1cnccn1)C(C)C)C(=O)C(=O)NCC(=O)NCC(=O)NC. The number of benzene rings is 1. The lowest BCUT2D eigenvalue weighted by Crippen LogP contribution is -2.57. The Morgan fingerprint density at radius 1 is 0.836 bits per heavy atom. The molecule has 20 heteroatoms. The number of nitrogens with one attached hydrogen (secondary N) is 8. The summed E-state index contributed by atoms with van der Waals surface area (Å²) < 4.78 is 0. The highest BCUT2D eigenvalue weighted by Gasteiger charge is 2.43. The second kappa shape index (κ2) is 21.3. The van der Waals surface area contributed by atoms with Gasteiger partial charge in [-0.2, -0.15) is 0 Å². The maximum Gasteiger partial charge on any atom is 0.321 e. The van der Waals surface area contributed by atoms with Gasteiger partial charge in [-0.25, -0.2) is 9.78 Å². The Kier molecular flexibility index (Phi) is 16.6. The molecule has 1 aromatic carbocycles. The number of likely N-dealkylation sites (tertiary alicyclic amines) is 1. The van der Waals surface area contributed by atoms with Gasteiger partial charge in [-0.3, -0.25) is 43.3 Å². The topological polar surface area (TPSA) is 279 Å². The van der Waals surface area contributed by atoms with Gasteiger partial charge < -0.3 is 47.4 Å². The molecular weight excluding hydrogens is 718 g/mol. The number of hydrogen-bond donors (Lipinski definition) is 8. The fourth-order valence-electron chi connectivity index (χ4n) is 5.38. The summed E-state index contributed by atoms with van der Waals surface area (Å²) in [4.78, 5) is 124. The van der Waals surface area contributed by atoms with Crippen molar-refractivity contribution < 1.29 is 43.2 Å². The maximum atomic E-state index is 13.8. The summed E-state index contributed by atoms with van der Waals surface area (Å²) in [7, 11) is 1.38. The van der Waals surface area contributed by atoms with Crippen LogP contribution in [0.15, 0.2) is 48.9 Å². The number of hydrogen-bond acceptors (Lipinski definition) is 11. The molecule has 20 nitrogen and oxygen atoms in total. The number of rotatable bonds is 18. The molecule has 55 heavy (non-hydrogen) atoms. The molecule has 2 heterocycles. The summed E-state index contributed by atoms with van der Waals surface area (Å²) in [6, 6.07) is 4.54. The van der Waals surface area contributed by atoms with E-state index in [1.807, 2.05) is 0 Å². The van der Waals surface area contributed by atoms with Crippen LogP contribution >= 0.6 is 0 Å². The van der Waals surface area contributed by atoms with Crippen LogP contribution in [0.3, 0.4) is 0 Å². The molecule has 296 valence electrons. The van der Waals surface area contributed by atoms with Gasteiger partial charge in [0.1, 0.15) is 11.7 Å². The summed E-state index contributed by atoms with van der Waals surface area (Å²) in [6.07, 6.45) is 4.36. The highest BCUT2D eigenvalue weighted by molar-refractivity contribution is 6.38. The Morgan fingerprint density at radius 3 is 2.16 bits per heavy atom. The van der Waals surface area contributed by atoms with Gasteiger partial charge in [0.25, 0.3) is 11.8 Å². The predicted octanol–water partition coefficient (Wildman–Crippen LogP) is -2.17. The minimum Gasteiger partial charge on any atom is -0.358 e. The fraction of sp³-hybridized carbons (Fsp3) is 0.457. The number of para-hydroxylation sites is 1. The zero-order valence-electron chi connectivity index (χ0n) is 31.0. The molecule has 2 aromatic rings. The lowest BCUT2D eigenvalue weighted by atomic mass is 9.98. The molecule has 0 saturated carbocycles. The zero-order chi connectivity index (χ0) is 40.5. The van der Waals surface area contributed by atoms with E-state index in [1.165, 1.54) is 30.5 Å². The number of carbonyl (C=O) groups is 9. The van der Waals surface area contributed by atoms with Crippen molar-refractivity contribution in [3.8, 4) is 0 Å². The van der Waals surface area contributed by atoms with Crippen LogP contribution in [0, 0.1) is 11.8 Å². The van der Waals surface area contributed by atoms with Crippen molar-refractivity contribution in [3.63, 3.8) is 0 Å². The van der Waals surface area contributed by atoms with E-state index in [1.54, 1.807) is 51.1 Å². The Labute approximate surface area is 317 Å². The third kappa shape index (κ3) is 13.5. The number of urea groups is 1. The van der Waals surface area contributed by atoms with Crippen molar-refractivity contribution in [2.24, 2.45) is 11.8 Å². The van der Waals surface area contributed by atoms with E-state index in [9.17, 15) is 43.2 Å². The Hall–Kier alpha value is -6.47. The average Bonchev–Trinajstić information content (AvgIpc) is 3.61. The number of ketones is 1. The molecular formula is C35H47N11O9. The summed E-state index contributed by atoms with van der Waals surface area (Å²) in [5, 5.41) is 19.9. The van der Waals surface area contributed by atoms with Crippen molar-refractivity contribution >= 4 is 58.9 Å². The number of likely N-dealkylation sites (N-methyl/N-ethyl adjacent to an activating group) is 1. The summed E-state index contributed by atoms with van der Waals surface area (Å²) in [5.41, 5.74) is 0.474. The largest absolute Gasteiger partial charge is 0.358 e. The second-order valence-corrected chi connectivity index (χ2v) is 12.8. The Morgan fingerprint density at radius 2 is 1.53 bits per heavy atom. The van der Waals surface area contributed by atoms with E-state index in [0.717, 1.165) is 0 Å². The van der Waals surface area contributed by atoms with Crippen LogP contribution in [0.4, 0.5) is 10.5 Å². The van der Waals surface area contributed by atoms with Crippen molar-refractivity contribution in [2.45, 2.75) is 51.7 Å². The molecule has 1 saturated heterocycles. The molecule has 4 atom stereocenters. The Bertz CT molecular complexity index is 1710. The standard InChI is InChI=1S/C35H47N11O9/c1-5-9-23(30(50)34(54)41-16-27(48)39-15-26(47)36-4)43-31(51)22-18-46(35(55)42-21-10-7-6-8-11-21)19-25(22)44-33(53)29(20(2)3)45-28(49)17-40-32(52)24-14-37-12-13-38-24/h6-8,10-14,20,22-23,25,29H,5,9,15-19H2,1-4H3,(H,36,47)(H,39,48)(H,40,52)(H,41,54)(H,42,55)(H,43,51)(H,44,53)(H,45,49)/t22-,23+,25+,29+/m1/s1. The van der Waals surface area contributed by atoms with Gasteiger partial charge in [-0.15, -0.1) is 0 Å². The van der Waals surface area contributed by atoms with Crippen LogP contribution in [0.1, 0.15) is 44.1 Å². The van der Waals surface area contributed by atoms with E-state index in [-0.39, 0.29) is 31.7 Å². The van der Waals surface area contributed by atoms with E-state index < -0.39 is 96.2 Å². The van der Waals surface area contributed by atoms with Gasteiger partial charge in [0.15, 0.2) is 0 Å². The fourth-order valence-corrected chi connectivity index (χ4v) is 5.38. The quantitative estimate of drug-likeness (QED) is 0.0756. The van der Waals surface area contributed by atoms with Crippen LogP contribution in [0.5, 0.6) is 0 Å². The third-order valence-electron chi connectivity index (χ3n) is 8.34. The molecule has 1 aromatic heterocycles. The van der Waals surface area contributed by atoms with Crippen molar-refractivity contribution in [2.75, 3.05) is 45.1 Å². The summed E-state index contributed by atoms with van der Waals surface area (Å²) in [6.45, 7) is 3.36. The van der Waals surface area contributed by atoms with Crippen LogP contribution in [-0.2, 0) is 33.6 Å². The first-order valence-corrected chi connectivity index (χ1v) is 17.6. The number of amides is 9. The minimum absolute atomic E-state index is 0.00901. The molecule has 0 aliphatic carbocycles. The molecule has 0 spiro atoms. The van der Waals surface area contributed by atoms with Crippen LogP contribution in [-0.4, -0.2) is 126 Å². The molecule has 9 amide bonds. The van der Waals surface area contributed by atoms with Crippen LogP contribution in [0.2, 0.25) is 0 Å². The van der Waals surface area contributed by atoms with E-state index in [0.29, 0.717) is 12.1 Å². The van der Waals surface area contributed by atoms with Gasteiger partial charge in [0.05, 0.1) is 43.8 Å². The van der Waals surface area contributed by atoms with Crippen molar-refractivity contribution in [3.05, 3.63) is 54.6 Å². The van der Waals surface area contributed by atoms with Crippen LogP contribution in [0.25, 0.3) is 0 Å². The van der Waals surface area contributed by atoms with E-state index in [4.69, 9.17) is 0 Å². The highest BCUT2D eigenvalue weighted by atomic mass is 16.2. The summed E-state index contributed by atoms with van der Waals surface area (Å²) >= 11 is 0. The second-order valence-electron chi connectivity index (χ2n) is 12.8. The molecule has 3 rings (SSSR count). The number of nitrogens with zero attached hydrogens (tertiary/aromatic N) is 3. The van der Waals surface area contributed by atoms with Crippen molar-refractivity contribution in [1.82, 2.24) is 52.1 Å². The molecule has 1 fully saturated rings. The Balaban J connectivity index is 1.73. The summed E-state index contributed by atoms with van der Waals surface area (Å²) in [5.74, 6) is -7.66. The van der Waals surface area contributed by atoms with Crippen molar-refractivity contribution in [1.29, 1.82) is 0 Å². The normalized spacial score (nSPS) is 15.8. The molecule has 0 bridgehead atoms. The van der Waals surface area contributed by atoms with E-state index >= 15 is 0 Å². The average molecular weight is 766 g/mol. The molecule has 1 aliphatic heterocycles.